The quantitative estimate of drug-likeness (QED) is 0.171. The zero-order chi connectivity index (χ0) is 31.8. The predicted octanol–water partition coefficient (Wildman–Crippen LogP) is 6.86. The Hall–Kier alpha value is -4.28. The minimum atomic E-state index is -0.491. The number of carbonyl (C=O) groups excluding carboxylic acids is 3. The maximum Gasteiger partial charge on any atom is 0.341 e. The summed E-state index contributed by atoms with van der Waals surface area (Å²) in [4.78, 5) is 43.4. The Morgan fingerprint density at radius 1 is 1.07 bits per heavy atom. The van der Waals surface area contributed by atoms with Gasteiger partial charge in [0.05, 0.1) is 29.7 Å². The zero-order valence-electron chi connectivity index (χ0n) is 26.0. The first-order valence-corrected chi connectivity index (χ1v) is 16.2. The molecule has 2 aliphatic rings. The van der Waals surface area contributed by atoms with E-state index in [1.165, 1.54) is 0 Å². The third kappa shape index (κ3) is 7.69. The van der Waals surface area contributed by atoms with Gasteiger partial charge in [-0.25, -0.2) is 9.59 Å². The molecule has 10 heteroatoms. The maximum atomic E-state index is 14.1. The number of rotatable bonds is 12. The summed E-state index contributed by atoms with van der Waals surface area (Å²) in [7, 11) is 1.58. The fraction of sp³-hybridized carbons (Fsp3) is 0.343. The first-order chi connectivity index (χ1) is 21.9. The van der Waals surface area contributed by atoms with E-state index in [9.17, 15) is 14.4 Å². The van der Waals surface area contributed by atoms with Crippen LogP contribution in [0, 0.1) is 6.92 Å². The van der Waals surface area contributed by atoms with E-state index in [1.54, 1.807) is 12.0 Å². The molecule has 2 aliphatic heterocycles. The molecule has 9 nitrogen and oxygen atoms in total. The highest BCUT2D eigenvalue weighted by Crippen LogP contribution is 2.42. The first-order valence-electron chi connectivity index (χ1n) is 15.1. The first kappa shape index (κ1) is 32.1. The number of para-hydroxylation sites is 2. The zero-order valence-corrected chi connectivity index (χ0v) is 26.8. The minimum Gasteiger partial charge on any atom is -0.496 e. The molecule has 0 saturated carbocycles. The van der Waals surface area contributed by atoms with Crippen LogP contribution in [0.4, 0.5) is 21.9 Å². The van der Waals surface area contributed by atoms with Gasteiger partial charge in [0, 0.05) is 42.3 Å². The number of nitrogens with one attached hydrogen (secondary N) is 1. The number of esters is 2. The molecule has 1 saturated heterocycles. The molecule has 5 rings (SSSR count). The van der Waals surface area contributed by atoms with Crippen molar-refractivity contribution in [3.05, 3.63) is 94.6 Å². The maximum absolute atomic E-state index is 14.1. The van der Waals surface area contributed by atoms with Gasteiger partial charge in [-0.2, -0.15) is 0 Å². The van der Waals surface area contributed by atoms with E-state index < -0.39 is 12.0 Å². The van der Waals surface area contributed by atoms with E-state index in [4.69, 9.17) is 14.2 Å². The highest BCUT2D eigenvalue weighted by Gasteiger charge is 2.33. The van der Waals surface area contributed by atoms with Crippen LogP contribution in [0.3, 0.4) is 0 Å². The number of urea groups is 1. The van der Waals surface area contributed by atoms with Gasteiger partial charge in [-0.05, 0) is 56.5 Å². The van der Waals surface area contributed by atoms with Crippen molar-refractivity contribution in [2.24, 2.45) is 0 Å². The van der Waals surface area contributed by atoms with Crippen molar-refractivity contribution in [2.75, 3.05) is 48.7 Å². The lowest BCUT2D eigenvalue weighted by molar-refractivity contribution is -0.143. The Balaban J connectivity index is 1.39. The fourth-order valence-electron chi connectivity index (χ4n) is 5.56. The summed E-state index contributed by atoms with van der Waals surface area (Å²) in [6, 6.07) is 18.2. The van der Waals surface area contributed by atoms with Crippen LogP contribution in [0.15, 0.2) is 72.3 Å². The third-order valence-electron chi connectivity index (χ3n) is 8.01. The SMILES string of the molecule is COc1c(C)c2c(c(NC(=O)N(c3ccccc3)c3ccccc3)c1CC=C(C)CCC(=O)OCCN1CCSC1)C(=O)OC2. The summed E-state index contributed by atoms with van der Waals surface area (Å²) in [6.45, 7) is 6.15. The second-order valence-corrected chi connectivity index (χ2v) is 12.1. The monoisotopic (exact) mass is 629 g/mol. The van der Waals surface area contributed by atoms with Crippen molar-refractivity contribution < 1.29 is 28.6 Å². The molecule has 3 aromatic carbocycles. The number of fused-ring (bicyclic) bond motifs is 1. The van der Waals surface area contributed by atoms with Crippen molar-refractivity contribution in [2.45, 2.75) is 39.7 Å². The summed E-state index contributed by atoms with van der Waals surface area (Å²) in [5.74, 6) is 1.98. The average molecular weight is 630 g/mol. The Bertz CT molecular complexity index is 1520. The summed E-state index contributed by atoms with van der Waals surface area (Å²) in [5.41, 5.74) is 5.17. The Labute approximate surface area is 268 Å². The van der Waals surface area contributed by atoms with Crippen molar-refractivity contribution in [3.8, 4) is 5.75 Å². The van der Waals surface area contributed by atoms with E-state index in [2.05, 4.69) is 10.2 Å². The second kappa shape index (κ2) is 15.1. The van der Waals surface area contributed by atoms with Crippen molar-refractivity contribution in [1.29, 1.82) is 0 Å². The standard InChI is InChI=1S/C35H39N3O6S/c1-24(15-17-30(39)43-20-18-37-19-21-45-23-37)14-16-28-32(31-29(22-44-34(31)40)25(2)33(28)42-3)36-35(41)38(26-10-6-4-7-11-26)27-12-8-5-9-13-27/h4-14H,15-23H2,1-3H3,(H,36,41). The van der Waals surface area contributed by atoms with Gasteiger partial charge in [0.25, 0.3) is 0 Å². The van der Waals surface area contributed by atoms with Gasteiger partial charge < -0.3 is 19.5 Å². The molecule has 0 aromatic heterocycles. The molecule has 3 aromatic rings. The number of ether oxygens (including phenoxy) is 3. The van der Waals surface area contributed by atoms with Gasteiger partial charge in [0.2, 0.25) is 0 Å². The highest BCUT2D eigenvalue weighted by molar-refractivity contribution is 7.99. The molecule has 0 aliphatic carbocycles. The number of hydrogen-bond acceptors (Lipinski definition) is 8. The number of methoxy groups -OCH3 is 1. The summed E-state index contributed by atoms with van der Waals surface area (Å²) in [5, 5.41) is 3.06. The normalized spacial score (nSPS) is 14.6. The largest absolute Gasteiger partial charge is 0.496 e. The lowest BCUT2D eigenvalue weighted by Crippen LogP contribution is -2.32. The van der Waals surface area contributed by atoms with Gasteiger partial charge in [0.15, 0.2) is 0 Å². The second-order valence-electron chi connectivity index (χ2n) is 11.0. The van der Waals surface area contributed by atoms with Crippen LogP contribution in [0.5, 0.6) is 5.75 Å². The fourth-order valence-corrected chi connectivity index (χ4v) is 6.59. The van der Waals surface area contributed by atoms with Crippen molar-refractivity contribution in [3.63, 3.8) is 0 Å². The number of anilines is 3. The molecule has 0 atom stereocenters. The Morgan fingerprint density at radius 3 is 2.38 bits per heavy atom. The van der Waals surface area contributed by atoms with Crippen LogP contribution < -0.4 is 15.0 Å². The smallest absolute Gasteiger partial charge is 0.341 e. The molecular formula is C35H39N3O6S. The third-order valence-corrected chi connectivity index (χ3v) is 9.03. The summed E-state index contributed by atoms with van der Waals surface area (Å²) < 4.78 is 16.7. The molecule has 0 bridgehead atoms. The van der Waals surface area contributed by atoms with Crippen molar-refractivity contribution in [1.82, 2.24) is 4.90 Å². The lowest BCUT2D eigenvalue weighted by atomic mass is 9.93. The number of cyclic esters (lactones) is 1. The topological polar surface area (TPSA) is 97.4 Å². The van der Waals surface area contributed by atoms with Gasteiger partial charge in [-0.1, -0.05) is 48.0 Å². The van der Waals surface area contributed by atoms with Crippen LogP contribution in [0.2, 0.25) is 0 Å². The van der Waals surface area contributed by atoms with Gasteiger partial charge in [-0.15, -0.1) is 11.8 Å². The molecular weight excluding hydrogens is 590 g/mol. The van der Waals surface area contributed by atoms with Crippen LogP contribution in [-0.2, 0) is 27.3 Å². The molecule has 1 fully saturated rings. The van der Waals surface area contributed by atoms with Crippen LogP contribution in [0.1, 0.15) is 46.8 Å². The minimum absolute atomic E-state index is 0.105. The van der Waals surface area contributed by atoms with Crippen LogP contribution in [-0.4, -0.2) is 61.3 Å². The average Bonchev–Trinajstić information content (AvgIpc) is 3.72. The van der Waals surface area contributed by atoms with Gasteiger partial charge in [0.1, 0.15) is 19.0 Å². The molecule has 0 spiro atoms. The summed E-state index contributed by atoms with van der Waals surface area (Å²) in [6.07, 6.45) is 3.17. The Morgan fingerprint density at radius 2 is 1.76 bits per heavy atom. The van der Waals surface area contributed by atoms with E-state index in [0.29, 0.717) is 59.0 Å². The number of hydrogen-bond donors (Lipinski definition) is 1. The van der Waals surface area contributed by atoms with Crippen LogP contribution in [0.25, 0.3) is 0 Å². The summed E-state index contributed by atoms with van der Waals surface area (Å²) >= 11 is 1.89. The van der Waals surface area contributed by atoms with Gasteiger partial charge >= 0.3 is 18.0 Å². The molecule has 1 N–H and O–H groups in total. The molecule has 0 radical (unpaired) electrons. The van der Waals surface area contributed by atoms with Crippen molar-refractivity contribution >= 4 is 46.8 Å². The number of nitrogens with zero attached hydrogens (tertiary/aromatic N) is 2. The van der Waals surface area contributed by atoms with E-state index >= 15 is 0 Å². The molecule has 2 amide bonds. The van der Waals surface area contributed by atoms with E-state index in [1.807, 2.05) is 92.3 Å². The lowest BCUT2D eigenvalue weighted by Gasteiger charge is -2.26. The van der Waals surface area contributed by atoms with Gasteiger partial charge in [-0.3, -0.25) is 14.6 Å². The number of amides is 2. The number of allylic oxidation sites excluding steroid dienone is 2. The Kier molecular flexibility index (Phi) is 10.8. The highest BCUT2D eigenvalue weighted by atomic mass is 32.2. The number of carbonyl (C=O) groups is 3. The predicted molar refractivity (Wildman–Crippen MR) is 177 cm³/mol. The van der Waals surface area contributed by atoms with E-state index in [-0.39, 0.29) is 19.0 Å². The number of thioether (sulfide) groups is 1. The molecule has 2 heterocycles. The van der Waals surface area contributed by atoms with Crippen LogP contribution >= 0.6 is 11.8 Å². The van der Waals surface area contributed by atoms with E-state index in [0.717, 1.165) is 35.9 Å². The molecule has 236 valence electrons. The number of benzene rings is 3. The molecule has 45 heavy (non-hydrogen) atoms. The molecule has 0 unspecified atom stereocenters.